The summed E-state index contributed by atoms with van der Waals surface area (Å²) in [4.78, 5) is 0. The van der Waals surface area contributed by atoms with Crippen molar-refractivity contribution in [2.45, 2.75) is 25.6 Å². The van der Waals surface area contributed by atoms with E-state index in [9.17, 15) is 9.50 Å². The van der Waals surface area contributed by atoms with E-state index in [4.69, 9.17) is 4.74 Å². The Kier molecular flexibility index (Phi) is 3.62. The zero-order valence-corrected chi connectivity index (χ0v) is 10.6. The molecular weight excluding hydrogens is 275 g/mol. The van der Waals surface area contributed by atoms with E-state index in [1.165, 1.54) is 6.07 Å². The second kappa shape index (κ2) is 4.82. The summed E-state index contributed by atoms with van der Waals surface area (Å²) >= 11 is 3.27. The van der Waals surface area contributed by atoms with Crippen LogP contribution in [0, 0.1) is 11.7 Å². The van der Waals surface area contributed by atoms with Crippen molar-refractivity contribution in [2.24, 2.45) is 5.92 Å². The molecule has 1 saturated heterocycles. The molecule has 0 aromatic heterocycles. The highest BCUT2D eigenvalue weighted by atomic mass is 79.9. The van der Waals surface area contributed by atoms with E-state index in [2.05, 4.69) is 15.9 Å². The Morgan fingerprint density at radius 3 is 2.94 bits per heavy atom. The highest BCUT2D eigenvalue weighted by Crippen LogP contribution is 2.33. The molecule has 2 rings (SSSR count). The fraction of sp³-hybridized carbons (Fsp3) is 0.500. The second-order valence-electron chi connectivity index (χ2n) is 4.21. The van der Waals surface area contributed by atoms with Crippen LogP contribution in [-0.2, 0) is 4.74 Å². The lowest BCUT2D eigenvalue weighted by atomic mass is 9.94. The molecule has 0 saturated carbocycles. The van der Waals surface area contributed by atoms with Gasteiger partial charge in [-0.3, -0.25) is 0 Å². The maximum absolute atomic E-state index is 13.6. The Morgan fingerprint density at radius 1 is 1.56 bits per heavy atom. The Bertz CT molecular complexity index is 383. The summed E-state index contributed by atoms with van der Waals surface area (Å²) in [6, 6.07) is 4.57. The minimum atomic E-state index is -0.894. The van der Waals surface area contributed by atoms with Crippen LogP contribution in [0.2, 0.25) is 0 Å². The zero-order chi connectivity index (χ0) is 11.7. The van der Waals surface area contributed by atoms with Crippen molar-refractivity contribution in [1.29, 1.82) is 0 Å². The summed E-state index contributed by atoms with van der Waals surface area (Å²) in [5, 5.41) is 10.1. The van der Waals surface area contributed by atoms with Crippen LogP contribution in [0.15, 0.2) is 22.7 Å². The van der Waals surface area contributed by atoms with Gasteiger partial charge in [0.2, 0.25) is 0 Å². The molecule has 16 heavy (non-hydrogen) atoms. The number of rotatable bonds is 2. The van der Waals surface area contributed by atoms with Crippen LogP contribution in [0.3, 0.4) is 0 Å². The Morgan fingerprint density at radius 2 is 2.31 bits per heavy atom. The smallest absolute Gasteiger partial charge is 0.129 e. The number of ether oxygens (including phenoxy) is 1. The third-order valence-electron chi connectivity index (χ3n) is 3.03. The molecule has 3 unspecified atom stereocenters. The van der Waals surface area contributed by atoms with Crippen molar-refractivity contribution in [2.75, 3.05) is 6.61 Å². The Hall–Kier alpha value is -0.450. The first-order chi connectivity index (χ1) is 7.59. The lowest BCUT2D eigenvalue weighted by Gasteiger charge is -2.22. The van der Waals surface area contributed by atoms with Gasteiger partial charge in [0.15, 0.2) is 0 Å². The predicted molar refractivity (Wildman–Crippen MR) is 62.6 cm³/mol. The Labute approximate surface area is 103 Å². The molecule has 2 nitrogen and oxygen atoms in total. The predicted octanol–water partition coefficient (Wildman–Crippen LogP) is 3.05. The summed E-state index contributed by atoms with van der Waals surface area (Å²) < 4.78 is 19.8. The van der Waals surface area contributed by atoms with Crippen LogP contribution in [0.5, 0.6) is 0 Å². The van der Waals surface area contributed by atoms with Crippen molar-refractivity contribution >= 4 is 15.9 Å². The monoisotopic (exact) mass is 288 g/mol. The van der Waals surface area contributed by atoms with Gasteiger partial charge >= 0.3 is 0 Å². The summed E-state index contributed by atoms with van der Waals surface area (Å²) in [5.74, 6) is -0.133. The number of hydrogen-bond donors (Lipinski definition) is 1. The quantitative estimate of drug-likeness (QED) is 0.906. The second-order valence-corrected chi connectivity index (χ2v) is 5.13. The van der Waals surface area contributed by atoms with Crippen LogP contribution < -0.4 is 0 Å². The molecule has 0 radical (unpaired) electrons. The maximum atomic E-state index is 13.6. The minimum absolute atomic E-state index is 0.258. The minimum Gasteiger partial charge on any atom is -0.386 e. The van der Waals surface area contributed by atoms with E-state index in [0.717, 1.165) is 10.9 Å². The summed E-state index contributed by atoms with van der Waals surface area (Å²) in [7, 11) is 0. The highest BCUT2D eigenvalue weighted by Gasteiger charge is 2.33. The average Bonchev–Trinajstić information content (AvgIpc) is 2.67. The van der Waals surface area contributed by atoms with Crippen LogP contribution >= 0.6 is 15.9 Å². The molecule has 1 aliphatic heterocycles. The molecule has 1 aromatic carbocycles. The fourth-order valence-electron chi connectivity index (χ4n) is 2.04. The highest BCUT2D eigenvalue weighted by molar-refractivity contribution is 9.10. The van der Waals surface area contributed by atoms with Gasteiger partial charge < -0.3 is 9.84 Å². The van der Waals surface area contributed by atoms with E-state index in [1.54, 1.807) is 12.1 Å². The molecule has 3 atom stereocenters. The van der Waals surface area contributed by atoms with E-state index in [1.807, 2.05) is 6.92 Å². The molecule has 1 aliphatic rings. The molecule has 4 heteroatoms. The lowest BCUT2D eigenvalue weighted by Crippen LogP contribution is -2.23. The van der Waals surface area contributed by atoms with Crippen molar-refractivity contribution in [3.05, 3.63) is 34.1 Å². The first-order valence-electron chi connectivity index (χ1n) is 5.34. The number of aliphatic hydroxyl groups is 1. The van der Waals surface area contributed by atoms with Crippen molar-refractivity contribution < 1.29 is 14.2 Å². The van der Waals surface area contributed by atoms with Gasteiger partial charge in [0.05, 0.1) is 6.10 Å². The first-order valence-corrected chi connectivity index (χ1v) is 6.13. The Balaban J connectivity index is 2.25. The van der Waals surface area contributed by atoms with Gasteiger partial charge in [-0.25, -0.2) is 4.39 Å². The van der Waals surface area contributed by atoms with Crippen LogP contribution in [0.4, 0.5) is 4.39 Å². The van der Waals surface area contributed by atoms with E-state index < -0.39 is 11.9 Å². The molecule has 0 aliphatic carbocycles. The number of hydrogen-bond acceptors (Lipinski definition) is 2. The summed E-state index contributed by atoms with van der Waals surface area (Å²) in [6.07, 6.45) is -0.282. The van der Waals surface area contributed by atoms with E-state index in [-0.39, 0.29) is 12.0 Å². The van der Waals surface area contributed by atoms with Crippen LogP contribution in [-0.4, -0.2) is 17.8 Å². The van der Waals surface area contributed by atoms with Gasteiger partial charge in [0, 0.05) is 16.6 Å². The number of benzene rings is 1. The van der Waals surface area contributed by atoms with Crippen molar-refractivity contribution in [1.82, 2.24) is 0 Å². The number of halogens is 2. The molecule has 0 spiro atoms. The van der Waals surface area contributed by atoms with Gasteiger partial charge in [0.1, 0.15) is 11.9 Å². The molecule has 0 bridgehead atoms. The number of aliphatic hydroxyl groups excluding tert-OH is 1. The van der Waals surface area contributed by atoms with E-state index in [0.29, 0.717) is 12.2 Å². The molecule has 0 amide bonds. The lowest BCUT2D eigenvalue weighted by molar-refractivity contribution is -0.0194. The normalized spacial score (nSPS) is 27.0. The fourth-order valence-corrected chi connectivity index (χ4v) is 2.42. The van der Waals surface area contributed by atoms with Crippen molar-refractivity contribution in [3.8, 4) is 0 Å². The van der Waals surface area contributed by atoms with Gasteiger partial charge in [-0.05, 0) is 30.5 Å². The average molecular weight is 289 g/mol. The van der Waals surface area contributed by atoms with Gasteiger partial charge in [-0.15, -0.1) is 0 Å². The molecule has 88 valence electrons. The van der Waals surface area contributed by atoms with Crippen LogP contribution in [0.25, 0.3) is 0 Å². The topological polar surface area (TPSA) is 29.5 Å². The largest absolute Gasteiger partial charge is 0.386 e. The summed E-state index contributed by atoms with van der Waals surface area (Å²) in [6.45, 7) is 2.65. The standard InChI is InChI=1S/C12H14BrFO2/c1-7-4-5-16-12(7)11(15)9-6-8(13)2-3-10(9)14/h2-3,6-7,11-12,15H,4-5H2,1H3. The molecule has 1 N–H and O–H groups in total. The van der Waals surface area contributed by atoms with Gasteiger partial charge in [0.25, 0.3) is 0 Å². The molecule has 1 aromatic rings. The molecule has 1 fully saturated rings. The summed E-state index contributed by atoms with van der Waals surface area (Å²) in [5.41, 5.74) is 0.299. The third-order valence-corrected chi connectivity index (χ3v) is 3.53. The first kappa shape index (κ1) is 12.0. The van der Waals surface area contributed by atoms with Gasteiger partial charge in [-0.1, -0.05) is 22.9 Å². The molecule has 1 heterocycles. The molecular formula is C12H14BrFO2. The van der Waals surface area contributed by atoms with E-state index >= 15 is 0 Å². The van der Waals surface area contributed by atoms with Crippen molar-refractivity contribution in [3.63, 3.8) is 0 Å². The van der Waals surface area contributed by atoms with Gasteiger partial charge in [-0.2, -0.15) is 0 Å². The SMILES string of the molecule is CC1CCOC1C(O)c1cc(Br)ccc1F. The third kappa shape index (κ3) is 2.29. The maximum Gasteiger partial charge on any atom is 0.129 e. The zero-order valence-electron chi connectivity index (χ0n) is 8.99. The van der Waals surface area contributed by atoms with Crippen LogP contribution in [0.1, 0.15) is 25.0 Å².